The zero-order chi connectivity index (χ0) is 27.2. The summed E-state index contributed by atoms with van der Waals surface area (Å²) in [5.74, 6) is 0.771. The third-order valence-electron chi connectivity index (χ3n) is 6.66. The van der Waals surface area contributed by atoms with Crippen molar-refractivity contribution in [1.29, 1.82) is 0 Å². The predicted molar refractivity (Wildman–Crippen MR) is 161 cm³/mol. The molecule has 4 rings (SSSR count). The molecule has 1 aliphatic heterocycles. The second-order valence-electron chi connectivity index (χ2n) is 10.5. The Kier molecular flexibility index (Phi) is 7.28. The van der Waals surface area contributed by atoms with Crippen LogP contribution in [0.1, 0.15) is 52.8 Å². The summed E-state index contributed by atoms with van der Waals surface area (Å²) in [7, 11) is 11.5. The summed E-state index contributed by atoms with van der Waals surface area (Å²) in [4.78, 5) is 0. The Morgan fingerprint density at radius 2 is 1.19 bits per heavy atom. The average Bonchev–Trinajstić information content (AvgIpc) is 3.30. The molecule has 202 valence electrons. The van der Waals surface area contributed by atoms with Crippen LogP contribution in [0.3, 0.4) is 0 Å². The van der Waals surface area contributed by atoms with Gasteiger partial charge in [0.15, 0.2) is 0 Å². The van der Waals surface area contributed by atoms with Crippen LogP contribution < -0.4 is 23.7 Å². The van der Waals surface area contributed by atoms with E-state index in [0.29, 0.717) is 0 Å². The number of halogens is 2. The van der Waals surface area contributed by atoms with Gasteiger partial charge in [-0.25, -0.2) is 0 Å². The first-order chi connectivity index (χ1) is 17.2. The average molecular weight is 629 g/mol. The fourth-order valence-electron chi connectivity index (χ4n) is 5.90. The number of ether oxygens (including phenoxy) is 1. The van der Waals surface area contributed by atoms with Crippen molar-refractivity contribution in [3.05, 3.63) is 87.5 Å². The van der Waals surface area contributed by atoms with E-state index in [0.717, 1.165) is 59.3 Å². The normalized spacial score (nSPS) is 16.0. The van der Waals surface area contributed by atoms with Gasteiger partial charge in [0.05, 0.1) is 0 Å². The van der Waals surface area contributed by atoms with Gasteiger partial charge in [0.1, 0.15) is 0 Å². The molecule has 0 atom stereocenters. The molecule has 37 heavy (non-hydrogen) atoms. The van der Waals surface area contributed by atoms with Crippen LogP contribution in [0, 0.1) is 41.5 Å². The van der Waals surface area contributed by atoms with Gasteiger partial charge in [-0.3, -0.25) is 0 Å². The summed E-state index contributed by atoms with van der Waals surface area (Å²) in [6, 6.07) is 16.9. The van der Waals surface area contributed by atoms with E-state index >= 15 is 0 Å². The van der Waals surface area contributed by atoms with Gasteiger partial charge < -0.3 is 0 Å². The third-order valence-corrected chi connectivity index (χ3v) is 23.4. The molecular weight excluding hydrogens is 588 g/mol. The predicted octanol–water partition coefficient (Wildman–Crippen LogP) is 5.94. The van der Waals surface area contributed by atoms with Crippen molar-refractivity contribution in [2.45, 2.75) is 61.5 Å². The molecule has 1 heterocycles. The van der Waals surface area contributed by atoms with Gasteiger partial charge in [-0.1, -0.05) is 0 Å². The van der Waals surface area contributed by atoms with Gasteiger partial charge in [-0.2, -0.15) is 0 Å². The minimum atomic E-state index is -5.76. The molecule has 0 aliphatic carbocycles. The third kappa shape index (κ3) is 4.49. The summed E-state index contributed by atoms with van der Waals surface area (Å²) in [6.07, 6.45) is 0.00804. The van der Waals surface area contributed by atoms with Gasteiger partial charge in [0, 0.05) is 0 Å². The van der Waals surface area contributed by atoms with Gasteiger partial charge in [-0.15, -0.1) is 0 Å². The Hall–Kier alpha value is -1.68. The molecule has 0 aromatic heterocycles. The molecule has 0 bridgehead atoms. The van der Waals surface area contributed by atoms with E-state index in [1.807, 2.05) is 32.0 Å². The quantitative estimate of drug-likeness (QED) is 0.344. The van der Waals surface area contributed by atoms with Crippen molar-refractivity contribution in [3.63, 3.8) is 0 Å². The second kappa shape index (κ2) is 9.51. The number of nitrogens with one attached hydrogen (secondary N) is 2. The topological polar surface area (TPSA) is 33.3 Å². The fourth-order valence-corrected chi connectivity index (χ4v) is 25.5. The fraction of sp³-hybridized carbons (Fsp3) is 0.355. The van der Waals surface area contributed by atoms with Crippen LogP contribution in [0.15, 0.2) is 48.5 Å². The summed E-state index contributed by atoms with van der Waals surface area (Å²) in [6.45, 7) is 18.4. The van der Waals surface area contributed by atoms with Crippen LogP contribution in [0.25, 0.3) is 0 Å². The molecule has 0 amide bonds. The van der Waals surface area contributed by atoms with Crippen molar-refractivity contribution in [1.82, 2.24) is 10.6 Å². The van der Waals surface area contributed by atoms with Crippen LogP contribution in [0.2, 0.25) is 0 Å². The van der Waals surface area contributed by atoms with Gasteiger partial charge in [0.25, 0.3) is 0 Å². The maximum absolute atomic E-state index is 8.65. The van der Waals surface area contributed by atoms with Crippen molar-refractivity contribution in [2.24, 2.45) is 0 Å². The minimum absolute atomic E-state index is 0.00804. The molecule has 3 aromatic carbocycles. The van der Waals surface area contributed by atoms with E-state index < -0.39 is 9.54 Å². The number of hydrogen-bond acceptors (Lipinski definition) is 3. The first-order valence-corrected chi connectivity index (χ1v) is 20.8. The number of rotatable bonds is 5. The summed E-state index contributed by atoms with van der Waals surface area (Å²) in [5.41, 5.74) is 7.61. The van der Waals surface area contributed by atoms with Crippen LogP contribution in [-0.4, -0.2) is 28.2 Å². The number of para-hydroxylation sites is 1. The zero-order valence-corrected chi connectivity index (χ0v) is 26.5. The first-order valence-electron chi connectivity index (χ1n) is 12.7. The van der Waals surface area contributed by atoms with Crippen molar-refractivity contribution >= 4 is 36.7 Å². The van der Waals surface area contributed by atoms with Crippen LogP contribution >= 0.6 is 19.4 Å². The Bertz CT molecular complexity index is 1480. The van der Waals surface area contributed by atoms with Gasteiger partial charge in [0.2, 0.25) is 0 Å². The van der Waals surface area contributed by atoms with E-state index in [4.69, 9.17) is 24.1 Å². The van der Waals surface area contributed by atoms with Crippen molar-refractivity contribution < 1.29 is 14.3 Å². The summed E-state index contributed by atoms with van der Waals surface area (Å²) in [5, 5.41) is 7.28. The van der Waals surface area contributed by atoms with E-state index in [1.54, 1.807) is 0 Å². The molecule has 1 aliphatic rings. The van der Waals surface area contributed by atoms with Gasteiger partial charge >= 0.3 is 229 Å². The Morgan fingerprint density at radius 3 is 1.62 bits per heavy atom. The molecule has 2 N–H and O–H groups in total. The second-order valence-corrected chi connectivity index (χ2v) is 28.4. The molecule has 1 saturated heterocycles. The molecule has 1 fully saturated rings. The van der Waals surface area contributed by atoms with Crippen LogP contribution in [0.5, 0.6) is 5.75 Å². The first kappa shape index (κ1) is 28.3. The Morgan fingerprint density at radius 1 is 0.757 bits per heavy atom. The van der Waals surface area contributed by atoms with Crippen molar-refractivity contribution in [3.8, 4) is 5.75 Å². The van der Waals surface area contributed by atoms with E-state index in [2.05, 4.69) is 87.1 Å². The van der Waals surface area contributed by atoms with Crippen LogP contribution in [-0.2, 0) is 9.54 Å². The van der Waals surface area contributed by atoms with Gasteiger partial charge in [-0.05, 0) is 0 Å². The molecular formula is C31H40Cl2N2ORu. The SMILES string of the molecule is Cc1cc(C)[c]([Ru]([Cl])([Cl])(=[CH]c2ccccc2OC(C)C)(=[C]2NCCN2)[c]2c(C)cc(C)cc2C)c(C)c1. The molecule has 3 nitrogen and oxygen atoms in total. The zero-order valence-electron chi connectivity index (χ0n) is 23.2. The maximum atomic E-state index is 8.65. The molecule has 0 saturated carbocycles. The standard InChI is InChI=1S/C10H12O.2C9H11.C3H6N2.2ClH.Ru/c1-8(2)11-10-7-5-4-6-9(10)3;2*1-7-4-8(2)6-9(3)5-7;1-2-5-3-4-1;;;/h3-8H,1-2H3;2*4-5H,1-3H3;4-5H,1-2H2;2*1H;/q;;;;;;+2/p-2. The van der Waals surface area contributed by atoms with E-state index in [1.165, 1.54) is 11.1 Å². The molecule has 0 radical (unpaired) electrons. The number of hydrogen-bond donors (Lipinski definition) is 2. The number of aryl methyl sites for hydroxylation is 6. The molecule has 0 spiro atoms. The molecule has 6 heteroatoms. The van der Waals surface area contributed by atoms with E-state index in [9.17, 15) is 0 Å². The summed E-state index contributed by atoms with van der Waals surface area (Å²) >= 11 is 0. The number of benzene rings is 3. The van der Waals surface area contributed by atoms with Crippen LogP contribution in [0.4, 0.5) is 0 Å². The Balaban J connectivity index is 2.46. The Labute approximate surface area is 228 Å². The molecule has 0 unspecified atom stereocenters. The monoisotopic (exact) mass is 628 g/mol. The summed E-state index contributed by atoms with van der Waals surface area (Å²) < 4.78 is 11.3. The molecule has 3 aromatic rings. The van der Waals surface area contributed by atoms with Crippen molar-refractivity contribution in [2.75, 3.05) is 13.1 Å². The van der Waals surface area contributed by atoms with E-state index in [-0.39, 0.29) is 6.10 Å².